The minimum Gasteiger partial charge on any atom is -0.494 e. The Balaban J connectivity index is 1.33. The van der Waals surface area contributed by atoms with E-state index >= 15 is 0 Å². The largest absolute Gasteiger partial charge is 0.494 e. The lowest BCUT2D eigenvalue weighted by Gasteiger charge is -2.35. The van der Waals surface area contributed by atoms with E-state index in [9.17, 15) is 14.4 Å². The van der Waals surface area contributed by atoms with Crippen LogP contribution in [0.4, 0.5) is 5.69 Å². The summed E-state index contributed by atoms with van der Waals surface area (Å²) >= 11 is 5.48. The molecule has 10 nitrogen and oxygen atoms in total. The molecule has 4 saturated heterocycles. The second-order valence-electron chi connectivity index (χ2n) is 11.5. The zero-order valence-corrected chi connectivity index (χ0v) is 26.7. The van der Waals surface area contributed by atoms with Crippen molar-refractivity contribution in [2.24, 2.45) is 11.8 Å². The predicted octanol–water partition coefficient (Wildman–Crippen LogP) is 2.49. The topological polar surface area (TPSA) is 120 Å². The molecule has 1 aromatic rings. The van der Waals surface area contributed by atoms with Gasteiger partial charge < -0.3 is 30.1 Å². The van der Waals surface area contributed by atoms with E-state index in [1.807, 2.05) is 31.2 Å². The number of halogens is 1. The lowest BCUT2D eigenvalue weighted by atomic mass is 9.70. The molecule has 6 atom stereocenters. The summed E-state index contributed by atoms with van der Waals surface area (Å²) in [5.74, 6) is -0.779. The molecule has 4 aliphatic rings. The smallest absolute Gasteiger partial charge is 0.244 e. The van der Waals surface area contributed by atoms with E-state index in [0.29, 0.717) is 45.0 Å². The Hall–Kier alpha value is -1.86. The molecule has 42 heavy (non-hydrogen) atoms. The molecule has 1 spiro atoms. The number of unbranched alkanes of at least 4 members (excludes halogenated alkanes) is 3. The Morgan fingerprint density at radius 2 is 1.86 bits per heavy atom. The van der Waals surface area contributed by atoms with E-state index in [2.05, 4.69) is 31.5 Å². The summed E-state index contributed by atoms with van der Waals surface area (Å²) in [7, 11) is 0. The van der Waals surface area contributed by atoms with Crippen molar-refractivity contribution >= 4 is 51.1 Å². The van der Waals surface area contributed by atoms with Gasteiger partial charge >= 0.3 is 0 Å². The van der Waals surface area contributed by atoms with Crippen LogP contribution in [-0.2, 0) is 19.1 Å². The highest BCUT2D eigenvalue weighted by atomic mass is 79.9. The summed E-state index contributed by atoms with van der Waals surface area (Å²) < 4.78 is 10.3. The van der Waals surface area contributed by atoms with Crippen LogP contribution in [0.5, 0.6) is 5.75 Å². The average Bonchev–Trinajstić information content (AvgIpc) is 3.58. The number of morpholine rings is 1. The molecule has 0 saturated carbocycles. The Kier molecular flexibility index (Phi) is 10.7. The monoisotopic (exact) mass is 666 g/mol. The van der Waals surface area contributed by atoms with Crippen LogP contribution in [-0.4, -0.2) is 113 Å². The molecule has 3 N–H and O–H groups in total. The summed E-state index contributed by atoms with van der Waals surface area (Å²) in [4.78, 5) is 46.0. The fourth-order valence-corrected chi connectivity index (χ4v) is 10.6. The molecule has 12 heteroatoms. The number of anilines is 1. The van der Waals surface area contributed by atoms with Crippen LogP contribution in [0.2, 0.25) is 0 Å². The number of fused-ring (bicyclic) bond motifs is 1. The van der Waals surface area contributed by atoms with Gasteiger partial charge in [-0.05, 0) is 50.5 Å². The van der Waals surface area contributed by atoms with Gasteiger partial charge in [0.25, 0.3) is 0 Å². The van der Waals surface area contributed by atoms with Gasteiger partial charge in [0.15, 0.2) is 0 Å². The van der Waals surface area contributed by atoms with E-state index in [1.54, 1.807) is 16.7 Å². The molecule has 4 heterocycles. The zero-order valence-electron chi connectivity index (χ0n) is 24.3. The number of nitrogens with zero attached hydrogens (tertiary/aromatic N) is 2. The quantitative estimate of drug-likeness (QED) is 0.205. The molecule has 4 aliphatic heterocycles. The summed E-state index contributed by atoms with van der Waals surface area (Å²) in [6, 6.07) is 6.63. The number of carbonyl (C=O) groups is 3. The first-order valence-corrected chi connectivity index (χ1v) is 17.0. The Bertz CT molecular complexity index is 1110. The standard InChI is InChI=1S/C30H43BrN4O6S/c1-2-41-21-9-7-20(8-10-21)33-27(37)23-24-29(39)35(12-5-3-4-6-16-36)26(30(24)19-22(31)25(23)42-30)28(38)32-11-13-34-14-17-40-18-15-34/h7-10,22-26,36H,2-6,11-19H2,1H3,(H,32,38)(H,33,37)/t22?,23-,24-,25-,26?,30?/m0/s1. The third-order valence-electron chi connectivity index (χ3n) is 8.91. The van der Waals surface area contributed by atoms with Crippen molar-refractivity contribution < 1.29 is 29.0 Å². The van der Waals surface area contributed by atoms with Crippen molar-refractivity contribution in [2.45, 2.75) is 59.9 Å². The molecule has 2 bridgehead atoms. The molecule has 1 aromatic carbocycles. The molecule has 0 aliphatic carbocycles. The molecule has 0 radical (unpaired) electrons. The number of aliphatic hydroxyl groups excluding tert-OH is 1. The van der Waals surface area contributed by atoms with Crippen molar-refractivity contribution in [3.8, 4) is 5.75 Å². The van der Waals surface area contributed by atoms with Crippen LogP contribution in [0.3, 0.4) is 0 Å². The van der Waals surface area contributed by atoms with Gasteiger partial charge in [0.05, 0.1) is 36.4 Å². The van der Waals surface area contributed by atoms with Gasteiger partial charge in [0.1, 0.15) is 11.8 Å². The van der Waals surface area contributed by atoms with Gasteiger partial charge in [-0.1, -0.05) is 28.8 Å². The van der Waals surface area contributed by atoms with E-state index in [4.69, 9.17) is 14.6 Å². The molecule has 3 unspecified atom stereocenters. The summed E-state index contributed by atoms with van der Waals surface area (Å²) in [6.45, 7) is 7.42. The van der Waals surface area contributed by atoms with Crippen LogP contribution < -0.4 is 15.4 Å². The van der Waals surface area contributed by atoms with E-state index < -0.39 is 22.6 Å². The first kappa shape index (κ1) is 31.6. The number of thioether (sulfide) groups is 1. The van der Waals surface area contributed by atoms with Gasteiger partial charge in [-0.25, -0.2) is 0 Å². The Labute approximate surface area is 260 Å². The number of rotatable bonds is 14. The zero-order chi connectivity index (χ0) is 29.7. The molecule has 0 aromatic heterocycles. The average molecular weight is 668 g/mol. The number of nitrogens with one attached hydrogen (secondary N) is 2. The molecule has 4 fully saturated rings. The van der Waals surface area contributed by atoms with Crippen molar-refractivity contribution in [2.75, 3.05) is 64.5 Å². The lowest BCUT2D eigenvalue weighted by Crippen LogP contribution is -2.55. The number of likely N-dealkylation sites (tertiary alicyclic amines) is 1. The number of carbonyl (C=O) groups excluding carboxylic acids is 3. The Morgan fingerprint density at radius 3 is 2.57 bits per heavy atom. The first-order chi connectivity index (χ1) is 20.4. The van der Waals surface area contributed by atoms with Gasteiger partial charge in [0, 0.05) is 55.1 Å². The minimum absolute atomic E-state index is 0.0239. The maximum Gasteiger partial charge on any atom is 0.244 e. The number of amides is 3. The maximum absolute atomic E-state index is 14.2. The summed E-state index contributed by atoms with van der Waals surface area (Å²) in [5, 5.41) is 15.3. The molecule has 5 rings (SSSR count). The van der Waals surface area contributed by atoms with Gasteiger partial charge in [-0.2, -0.15) is 0 Å². The number of aliphatic hydroxyl groups is 1. The molecular weight excluding hydrogens is 624 g/mol. The SMILES string of the molecule is CCOc1ccc(NC(=O)[C@H]2[C@H]3C(=O)N(CCCCCCO)C(C(=O)NCCN4CCOCC4)C34CC(Br)[C@@H]2S4)cc1. The number of ether oxygens (including phenoxy) is 2. The van der Waals surface area contributed by atoms with E-state index in [-0.39, 0.29) is 34.4 Å². The highest BCUT2D eigenvalue weighted by molar-refractivity contribution is 9.09. The van der Waals surface area contributed by atoms with Crippen LogP contribution in [0.1, 0.15) is 39.0 Å². The van der Waals surface area contributed by atoms with Crippen molar-refractivity contribution in [1.82, 2.24) is 15.1 Å². The van der Waals surface area contributed by atoms with E-state index in [0.717, 1.165) is 51.1 Å². The van der Waals surface area contributed by atoms with Crippen LogP contribution >= 0.6 is 27.7 Å². The molecule has 3 amide bonds. The molecular formula is C30H43BrN4O6S. The van der Waals surface area contributed by atoms with Crippen LogP contribution in [0, 0.1) is 11.8 Å². The number of hydrogen-bond donors (Lipinski definition) is 3. The normalized spacial score (nSPS) is 30.4. The third-order valence-corrected chi connectivity index (χ3v) is 12.1. The lowest BCUT2D eigenvalue weighted by molar-refractivity contribution is -0.139. The van der Waals surface area contributed by atoms with Gasteiger partial charge in [0.2, 0.25) is 17.7 Å². The second-order valence-corrected chi connectivity index (χ2v) is 14.2. The third kappa shape index (κ3) is 6.47. The van der Waals surface area contributed by atoms with Crippen molar-refractivity contribution in [3.63, 3.8) is 0 Å². The highest BCUT2D eigenvalue weighted by Gasteiger charge is 2.75. The fourth-order valence-electron chi connectivity index (χ4n) is 7.00. The van der Waals surface area contributed by atoms with Crippen LogP contribution in [0.25, 0.3) is 0 Å². The summed E-state index contributed by atoms with van der Waals surface area (Å²) in [5.41, 5.74) is 0.653. The van der Waals surface area contributed by atoms with Crippen molar-refractivity contribution in [3.05, 3.63) is 24.3 Å². The number of hydrogen-bond acceptors (Lipinski definition) is 8. The van der Waals surface area contributed by atoms with Gasteiger partial charge in [-0.15, -0.1) is 11.8 Å². The summed E-state index contributed by atoms with van der Waals surface area (Å²) in [6.07, 6.45) is 3.88. The molecule has 232 valence electrons. The fraction of sp³-hybridized carbons (Fsp3) is 0.700. The number of benzene rings is 1. The first-order valence-electron chi connectivity index (χ1n) is 15.2. The minimum atomic E-state index is -0.662. The maximum atomic E-state index is 14.2. The highest BCUT2D eigenvalue weighted by Crippen LogP contribution is 2.67. The van der Waals surface area contributed by atoms with E-state index in [1.165, 1.54) is 0 Å². The Morgan fingerprint density at radius 1 is 1.12 bits per heavy atom. The predicted molar refractivity (Wildman–Crippen MR) is 166 cm³/mol. The van der Waals surface area contributed by atoms with Gasteiger partial charge in [-0.3, -0.25) is 19.3 Å². The van der Waals surface area contributed by atoms with Crippen LogP contribution in [0.15, 0.2) is 24.3 Å². The van der Waals surface area contributed by atoms with Crippen molar-refractivity contribution in [1.29, 1.82) is 0 Å². The number of alkyl halides is 1. The second kappa shape index (κ2) is 14.3.